The third kappa shape index (κ3) is 3.65. The third-order valence-electron chi connectivity index (χ3n) is 5.78. The number of aryl methyl sites for hydroxylation is 1. The lowest BCUT2D eigenvalue weighted by Gasteiger charge is -2.35. The zero-order chi connectivity index (χ0) is 20.5. The summed E-state index contributed by atoms with van der Waals surface area (Å²) < 4.78 is 0. The van der Waals surface area contributed by atoms with E-state index in [1.165, 1.54) is 12.8 Å². The molecule has 1 amide bonds. The Bertz CT molecular complexity index is 1070. The van der Waals surface area contributed by atoms with E-state index in [1.807, 2.05) is 42.2 Å². The Morgan fingerprint density at radius 1 is 0.867 bits per heavy atom. The fourth-order valence-corrected chi connectivity index (χ4v) is 4.12. The Hall–Kier alpha value is -3.29. The van der Waals surface area contributed by atoms with E-state index in [1.54, 1.807) is 6.20 Å². The van der Waals surface area contributed by atoms with Crippen LogP contribution < -0.4 is 9.80 Å². The van der Waals surface area contributed by atoms with Gasteiger partial charge in [-0.2, -0.15) is 4.98 Å². The van der Waals surface area contributed by atoms with Gasteiger partial charge in [-0.1, -0.05) is 12.1 Å². The molecule has 0 aliphatic carbocycles. The number of benzene rings is 1. The number of aromatic nitrogens is 4. The maximum absolute atomic E-state index is 12.9. The summed E-state index contributed by atoms with van der Waals surface area (Å²) in [6.45, 7) is 6.81. The molecular weight excluding hydrogens is 378 g/mol. The van der Waals surface area contributed by atoms with Crippen molar-refractivity contribution >= 4 is 28.7 Å². The fourth-order valence-electron chi connectivity index (χ4n) is 4.12. The molecule has 0 N–H and O–H groups in total. The van der Waals surface area contributed by atoms with E-state index in [4.69, 9.17) is 4.98 Å². The topological polar surface area (TPSA) is 78.3 Å². The highest BCUT2D eigenvalue weighted by Gasteiger charge is 2.25. The molecule has 2 fully saturated rings. The van der Waals surface area contributed by atoms with Gasteiger partial charge in [0.25, 0.3) is 5.91 Å². The van der Waals surface area contributed by atoms with Gasteiger partial charge in [-0.25, -0.2) is 9.97 Å². The quantitative estimate of drug-likeness (QED) is 0.664. The number of para-hydroxylation sites is 2. The highest BCUT2D eigenvalue weighted by atomic mass is 16.2. The Morgan fingerprint density at radius 3 is 2.37 bits per heavy atom. The van der Waals surface area contributed by atoms with Gasteiger partial charge in [-0.05, 0) is 31.9 Å². The number of piperazine rings is 1. The van der Waals surface area contributed by atoms with Crippen molar-refractivity contribution in [2.45, 2.75) is 19.8 Å². The lowest BCUT2D eigenvalue weighted by molar-refractivity contribution is 0.0740. The van der Waals surface area contributed by atoms with Crippen LogP contribution in [0.3, 0.4) is 0 Å². The van der Waals surface area contributed by atoms with Gasteiger partial charge in [0, 0.05) is 51.0 Å². The van der Waals surface area contributed by atoms with Crippen LogP contribution in [0, 0.1) is 6.92 Å². The predicted octanol–water partition coefficient (Wildman–Crippen LogP) is 2.29. The first-order chi connectivity index (χ1) is 14.7. The van der Waals surface area contributed by atoms with Crippen LogP contribution in [0.1, 0.15) is 29.0 Å². The lowest BCUT2D eigenvalue weighted by Crippen LogP contribution is -2.49. The number of carbonyl (C=O) groups excluding carboxylic acids is 1. The summed E-state index contributed by atoms with van der Waals surface area (Å²) in [6, 6.07) is 9.64. The van der Waals surface area contributed by atoms with Crippen molar-refractivity contribution in [3.8, 4) is 0 Å². The summed E-state index contributed by atoms with van der Waals surface area (Å²) in [5.74, 6) is 1.71. The van der Waals surface area contributed by atoms with E-state index in [2.05, 4.69) is 24.8 Å². The van der Waals surface area contributed by atoms with Crippen molar-refractivity contribution in [3.63, 3.8) is 0 Å². The second-order valence-corrected chi connectivity index (χ2v) is 7.88. The van der Waals surface area contributed by atoms with Crippen molar-refractivity contribution in [1.82, 2.24) is 24.8 Å². The molecule has 4 heterocycles. The van der Waals surface area contributed by atoms with E-state index < -0.39 is 0 Å². The Balaban J connectivity index is 1.28. The van der Waals surface area contributed by atoms with Gasteiger partial charge in [-0.3, -0.25) is 9.78 Å². The molecule has 1 aromatic carbocycles. The van der Waals surface area contributed by atoms with Gasteiger partial charge >= 0.3 is 0 Å². The molecule has 8 nitrogen and oxygen atoms in total. The smallest absolute Gasteiger partial charge is 0.274 e. The zero-order valence-electron chi connectivity index (χ0n) is 17.2. The Kier molecular flexibility index (Phi) is 4.90. The molecule has 154 valence electrons. The van der Waals surface area contributed by atoms with Gasteiger partial charge in [0.2, 0.25) is 5.95 Å². The van der Waals surface area contributed by atoms with Crippen molar-refractivity contribution in [2.24, 2.45) is 0 Å². The molecule has 30 heavy (non-hydrogen) atoms. The number of hydrogen-bond acceptors (Lipinski definition) is 7. The molecule has 2 saturated heterocycles. The number of fused-ring (bicyclic) bond motifs is 1. The number of anilines is 2. The van der Waals surface area contributed by atoms with Gasteiger partial charge in [-0.15, -0.1) is 0 Å². The first-order valence-electron chi connectivity index (χ1n) is 10.5. The maximum atomic E-state index is 12.9. The molecule has 3 aromatic rings. The van der Waals surface area contributed by atoms with Crippen molar-refractivity contribution < 1.29 is 4.79 Å². The minimum Gasteiger partial charge on any atom is -0.353 e. The van der Waals surface area contributed by atoms with Gasteiger partial charge in [0.1, 0.15) is 11.5 Å². The monoisotopic (exact) mass is 403 g/mol. The van der Waals surface area contributed by atoms with Crippen molar-refractivity contribution in [1.29, 1.82) is 0 Å². The first-order valence-corrected chi connectivity index (χ1v) is 10.5. The number of nitrogens with zero attached hydrogens (tertiary/aromatic N) is 7. The second kappa shape index (κ2) is 7.85. The Labute approximate surface area is 175 Å². The SMILES string of the molecule is Cc1cc(N2CCN(C(=O)c3cnc4ccccc4n3)CC2)nc(N2CCCC2)n1. The van der Waals surface area contributed by atoms with E-state index in [0.717, 1.165) is 54.7 Å². The highest BCUT2D eigenvalue weighted by molar-refractivity contribution is 5.94. The van der Waals surface area contributed by atoms with Gasteiger partial charge in [0.05, 0.1) is 17.2 Å². The molecule has 8 heteroatoms. The molecule has 2 aliphatic rings. The zero-order valence-corrected chi connectivity index (χ0v) is 17.2. The molecule has 2 aliphatic heterocycles. The van der Waals surface area contributed by atoms with E-state index in [9.17, 15) is 4.79 Å². The minimum absolute atomic E-state index is 0.0653. The van der Waals surface area contributed by atoms with Crippen LogP contribution in [0.25, 0.3) is 11.0 Å². The van der Waals surface area contributed by atoms with Gasteiger partial charge < -0.3 is 14.7 Å². The standard InChI is InChI=1S/C22H25N7O/c1-16-14-20(26-22(24-16)29-8-4-5-9-29)27-10-12-28(13-11-27)21(30)19-15-23-17-6-2-3-7-18(17)25-19/h2-3,6-7,14-15H,4-5,8-13H2,1H3. The summed E-state index contributed by atoms with van der Waals surface area (Å²) in [5, 5.41) is 0. The van der Waals surface area contributed by atoms with Crippen molar-refractivity contribution in [2.75, 3.05) is 49.1 Å². The van der Waals surface area contributed by atoms with Crippen molar-refractivity contribution in [3.05, 3.63) is 47.9 Å². The van der Waals surface area contributed by atoms with Crippen LogP contribution in [-0.4, -0.2) is 70.0 Å². The molecular formula is C22H25N7O. The number of hydrogen-bond donors (Lipinski definition) is 0. The summed E-state index contributed by atoms with van der Waals surface area (Å²) >= 11 is 0. The van der Waals surface area contributed by atoms with Crippen LogP contribution in [0.15, 0.2) is 36.5 Å². The number of amides is 1. The fraction of sp³-hybridized carbons (Fsp3) is 0.409. The van der Waals surface area contributed by atoms with Crippen LogP contribution in [0.2, 0.25) is 0 Å². The molecule has 0 radical (unpaired) electrons. The molecule has 0 bridgehead atoms. The molecule has 0 atom stereocenters. The lowest BCUT2D eigenvalue weighted by atomic mass is 10.2. The molecule has 5 rings (SSSR count). The summed E-state index contributed by atoms with van der Waals surface area (Å²) in [7, 11) is 0. The van der Waals surface area contributed by atoms with Crippen LogP contribution in [0.4, 0.5) is 11.8 Å². The van der Waals surface area contributed by atoms with Crippen LogP contribution >= 0.6 is 0 Å². The molecule has 0 spiro atoms. The first kappa shape index (κ1) is 18.7. The summed E-state index contributed by atoms with van der Waals surface area (Å²) in [5.41, 5.74) is 2.92. The summed E-state index contributed by atoms with van der Waals surface area (Å²) in [4.78, 5) is 37.6. The highest BCUT2D eigenvalue weighted by Crippen LogP contribution is 2.22. The molecule has 0 saturated carbocycles. The number of rotatable bonds is 3. The largest absolute Gasteiger partial charge is 0.353 e. The Morgan fingerprint density at radius 2 is 1.60 bits per heavy atom. The predicted molar refractivity (Wildman–Crippen MR) is 116 cm³/mol. The normalized spacial score (nSPS) is 17.0. The van der Waals surface area contributed by atoms with Crippen LogP contribution in [0.5, 0.6) is 0 Å². The van der Waals surface area contributed by atoms with E-state index >= 15 is 0 Å². The van der Waals surface area contributed by atoms with Crippen LogP contribution in [-0.2, 0) is 0 Å². The summed E-state index contributed by atoms with van der Waals surface area (Å²) in [6.07, 6.45) is 3.98. The average molecular weight is 403 g/mol. The minimum atomic E-state index is -0.0653. The average Bonchev–Trinajstić information content (AvgIpc) is 3.33. The molecule has 0 unspecified atom stereocenters. The molecule has 2 aromatic heterocycles. The number of carbonyl (C=O) groups is 1. The van der Waals surface area contributed by atoms with Gasteiger partial charge in [0.15, 0.2) is 0 Å². The van der Waals surface area contributed by atoms with E-state index in [-0.39, 0.29) is 5.91 Å². The second-order valence-electron chi connectivity index (χ2n) is 7.88. The third-order valence-corrected chi connectivity index (χ3v) is 5.78. The van der Waals surface area contributed by atoms with E-state index in [0.29, 0.717) is 18.8 Å². The maximum Gasteiger partial charge on any atom is 0.274 e.